The van der Waals surface area contributed by atoms with Crippen LogP contribution in [0.3, 0.4) is 0 Å². The SMILES string of the molecule is COc1ccc(C(=O)NNc2ncnc(Nc3cc(C)cc(C)c3)c2[N+](=O)[O-])cc1. The Morgan fingerprint density at radius 2 is 1.67 bits per heavy atom. The van der Waals surface area contributed by atoms with Crippen molar-refractivity contribution in [3.05, 3.63) is 75.6 Å². The van der Waals surface area contributed by atoms with Gasteiger partial charge in [-0.25, -0.2) is 9.97 Å². The minimum atomic E-state index is -0.618. The maximum absolute atomic E-state index is 12.3. The van der Waals surface area contributed by atoms with Crippen molar-refractivity contribution < 1.29 is 14.5 Å². The highest BCUT2D eigenvalue weighted by Crippen LogP contribution is 2.31. The van der Waals surface area contributed by atoms with Crippen LogP contribution in [0.4, 0.5) is 23.0 Å². The Morgan fingerprint density at radius 1 is 1.03 bits per heavy atom. The van der Waals surface area contributed by atoms with Crippen molar-refractivity contribution in [1.29, 1.82) is 0 Å². The number of nitro groups is 1. The molecule has 0 fully saturated rings. The summed E-state index contributed by atoms with van der Waals surface area (Å²) < 4.78 is 5.05. The monoisotopic (exact) mass is 408 g/mol. The van der Waals surface area contributed by atoms with Crippen LogP contribution in [0.5, 0.6) is 5.75 Å². The van der Waals surface area contributed by atoms with E-state index in [2.05, 4.69) is 26.1 Å². The van der Waals surface area contributed by atoms with Gasteiger partial charge in [0.05, 0.1) is 12.0 Å². The average molecular weight is 408 g/mol. The van der Waals surface area contributed by atoms with E-state index in [4.69, 9.17) is 4.74 Å². The molecule has 30 heavy (non-hydrogen) atoms. The van der Waals surface area contributed by atoms with Crippen LogP contribution in [-0.2, 0) is 0 Å². The molecule has 0 unspecified atom stereocenters. The molecule has 10 nitrogen and oxygen atoms in total. The van der Waals surface area contributed by atoms with Crippen LogP contribution < -0.4 is 20.9 Å². The summed E-state index contributed by atoms with van der Waals surface area (Å²) in [6.45, 7) is 3.85. The molecule has 0 radical (unpaired) electrons. The van der Waals surface area contributed by atoms with Gasteiger partial charge in [0.15, 0.2) is 0 Å². The summed E-state index contributed by atoms with van der Waals surface area (Å²) in [6, 6.07) is 12.1. The number of hydrazine groups is 1. The standard InChI is InChI=1S/C20H20N6O4/c1-12-8-13(2)10-15(9-12)23-18-17(26(28)29)19(22-11-21-18)24-25-20(27)14-4-6-16(30-3)7-5-14/h4-11H,1-3H3,(H,25,27)(H2,21,22,23,24). The zero-order valence-electron chi connectivity index (χ0n) is 16.6. The van der Waals surface area contributed by atoms with E-state index in [1.165, 1.54) is 13.4 Å². The van der Waals surface area contributed by atoms with E-state index in [-0.39, 0.29) is 11.6 Å². The Balaban J connectivity index is 1.81. The second kappa shape index (κ2) is 8.86. The molecule has 1 amide bonds. The maximum atomic E-state index is 12.3. The molecule has 154 valence electrons. The van der Waals surface area contributed by atoms with E-state index < -0.39 is 16.5 Å². The lowest BCUT2D eigenvalue weighted by atomic mass is 10.1. The third-order valence-electron chi connectivity index (χ3n) is 4.14. The number of anilines is 3. The van der Waals surface area contributed by atoms with Crippen molar-refractivity contribution in [2.45, 2.75) is 13.8 Å². The van der Waals surface area contributed by atoms with Gasteiger partial charge in [-0.3, -0.25) is 25.8 Å². The summed E-state index contributed by atoms with van der Waals surface area (Å²) in [5.41, 5.74) is 7.51. The topological polar surface area (TPSA) is 131 Å². The van der Waals surface area contributed by atoms with E-state index in [0.29, 0.717) is 17.0 Å². The lowest BCUT2D eigenvalue weighted by Gasteiger charge is -2.12. The summed E-state index contributed by atoms with van der Waals surface area (Å²) in [7, 11) is 1.52. The lowest BCUT2D eigenvalue weighted by molar-refractivity contribution is -0.383. The molecule has 0 bridgehead atoms. The van der Waals surface area contributed by atoms with Crippen LogP contribution >= 0.6 is 0 Å². The molecule has 3 aromatic rings. The highest BCUT2D eigenvalue weighted by Gasteiger charge is 2.24. The number of hydrogen-bond acceptors (Lipinski definition) is 8. The molecule has 3 N–H and O–H groups in total. The molecule has 10 heteroatoms. The number of methoxy groups -OCH3 is 1. The highest BCUT2D eigenvalue weighted by molar-refractivity contribution is 5.95. The van der Waals surface area contributed by atoms with Crippen LogP contribution in [0.1, 0.15) is 21.5 Å². The molecule has 0 saturated heterocycles. The minimum Gasteiger partial charge on any atom is -0.497 e. The van der Waals surface area contributed by atoms with Crippen molar-refractivity contribution in [2.24, 2.45) is 0 Å². The van der Waals surface area contributed by atoms with Gasteiger partial charge in [-0.2, -0.15) is 0 Å². The molecule has 0 aliphatic carbocycles. The van der Waals surface area contributed by atoms with Gasteiger partial charge < -0.3 is 10.1 Å². The molecule has 0 aliphatic heterocycles. The summed E-state index contributed by atoms with van der Waals surface area (Å²) in [5.74, 6) is -0.0348. The fourth-order valence-electron chi connectivity index (χ4n) is 2.85. The first kappa shape index (κ1) is 20.5. The van der Waals surface area contributed by atoms with Crippen LogP contribution in [-0.4, -0.2) is 27.9 Å². The molecule has 0 aliphatic rings. The Hall–Kier alpha value is -4.21. The zero-order valence-corrected chi connectivity index (χ0v) is 16.6. The van der Waals surface area contributed by atoms with Crippen molar-refractivity contribution in [3.8, 4) is 5.75 Å². The molecule has 1 aromatic heterocycles. The van der Waals surface area contributed by atoms with Gasteiger partial charge >= 0.3 is 5.69 Å². The number of hydrogen-bond donors (Lipinski definition) is 3. The van der Waals surface area contributed by atoms with Crippen LogP contribution in [0.15, 0.2) is 48.8 Å². The number of aryl methyl sites for hydroxylation is 2. The number of carbonyl (C=O) groups excluding carboxylic acids is 1. The van der Waals surface area contributed by atoms with Gasteiger partial charge in [0.25, 0.3) is 5.91 Å². The summed E-state index contributed by atoms with van der Waals surface area (Å²) in [4.78, 5) is 31.2. The smallest absolute Gasteiger partial charge is 0.355 e. The molecular formula is C20H20N6O4. The van der Waals surface area contributed by atoms with E-state index in [1.807, 2.05) is 32.0 Å². The van der Waals surface area contributed by atoms with E-state index in [1.54, 1.807) is 24.3 Å². The van der Waals surface area contributed by atoms with Crippen LogP contribution in [0, 0.1) is 24.0 Å². The van der Waals surface area contributed by atoms with Crippen molar-refractivity contribution in [3.63, 3.8) is 0 Å². The number of nitrogens with one attached hydrogen (secondary N) is 3. The normalized spacial score (nSPS) is 10.2. The third kappa shape index (κ3) is 4.79. The highest BCUT2D eigenvalue weighted by atomic mass is 16.6. The van der Waals surface area contributed by atoms with Gasteiger partial charge in [0.1, 0.15) is 12.1 Å². The van der Waals surface area contributed by atoms with Crippen molar-refractivity contribution in [1.82, 2.24) is 15.4 Å². The maximum Gasteiger partial charge on any atom is 0.355 e. The number of benzene rings is 2. The van der Waals surface area contributed by atoms with Crippen molar-refractivity contribution in [2.75, 3.05) is 17.9 Å². The van der Waals surface area contributed by atoms with E-state index >= 15 is 0 Å². The number of carbonyl (C=O) groups is 1. The first-order chi connectivity index (χ1) is 14.4. The molecule has 2 aromatic carbocycles. The second-order valence-corrected chi connectivity index (χ2v) is 6.49. The molecule has 0 saturated carbocycles. The van der Waals surface area contributed by atoms with Crippen LogP contribution in [0.2, 0.25) is 0 Å². The Bertz CT molecular complexity index is 1060. The number of aromatic nitrogens is 2. The zero-order chi connectivity index (χ0) is 21.7. The minimum absolute atomic E-state index is 0.00111. The molecule has 0 atom stereocenters. The van der Waals surface area contributed by atoms with Gasteiger partial charge in [-0.15, -0.1) is 0 Å². The van der Waals surface area contributed by atoms with Gasteiger partial charge in [-0.05, 0) is 61.4 Å². The second-order valence-electron chi connectivity index (χ2n) is 6.49. The van der Waals surface area contributed by atoms with E-state index in [0.717, 1.165) is 11.1 Å². The average Bonchev–Trinajstić information content (AvgIpc) is 2.71. The number of amides is 1. The quantitative estimate of drug-likeness (QED) is 0.400. The summed E-state index contributed by atoms with van der Waals surface area (Å²) in [5, 5.41) is 14.6. The fraction of sp³-hybridized carbons (Fsp3) is 0.150. The Kier molecular flexibility index (Phi) is 6.06. The molecule has 3 rings (SSSR count). The van der Waals surface area contributed by atoms with E-state index in [9.17, 15) is 14.9 Å². The first-order valence-corrected chi connectivity index (χ1v) is 8.92. The van der Waals surface area contributed by atoms with Crippen LogP contribution in [0.25, 0.3) is 0 Å². The van der Waals surface area contributed by atoms with Crippen molar-refractivity contribution >= 4 is 28.9 Å². The number of ether oxygens (including phenoxy) is 1. The van der Waals surface area contributed by atoms with Gasteiger partial charge in [0, 0.05) is 11.3 Å². The molecule has 1 heterocycles. The Morgan fingerprint density at radius 3 is 2.27 bits per heavy atom. The number of nitrogens with zero attached hydrogens (tertiary/aromatic N) is 3. The fourth-order valence-corrected chi connectivity index (χ4v) is 2.85. The lowest BCUT2D eigenvalue weighted by Crippen LogP contribution is -2.30. The Labute approximate surface area is 172 Å². The predicted octanol–water partition coefficient (Wildman–Crippen LogP) is 3.51. The van der Waals surface area contributed by atoms with Gasteiger partial charge in [-0.1, -0.05) is 6.07 Å². The van der Waals surface area contributed by atoms with Gasteiger partial charge in [0.2, 0.25) is 11.6 Å². The first-order valence-electron chi connectivity index (χ1n) is 8.92. The summed E-state index contributed by atoms with van der Waals surface area (Å²) in [6.07, 6.45) is 1.17. The largest absolute Gasteiger partial charge is 0.497 e. The predicted molar refractivity (Wildman–Crippen MR) is 112 cm³/mol. The number of rotatable bonds is 7. The molecule has 0 spiro atoms. The third-order valence-corrected chi connectivity index (χ3v) is 4.14. The summed E-state index contributed by atoms with van der Waals surface area (Å²) >= 11 is 0. The molecular weight excluding hydrogens is 388 g/mol.